The molecule has 21 heavy (non-hydrogen) atoms. The number of hydrogen-bond acceptors (Lipinski definition) is 5. The minimum atomic E-state index is 0.584. The van der Waals surface area contributed by atoms with Gasteiger partial charge in [-0.15, -0.1) is 0 Å². The van der Waals surface area contributed by atoms with Crippen LogP contribution in [0.15, 0.2) is 30.6 Å². The molecular weight excluding hydrogens is 264 g/mol. The number of fused-ring (bicyclic) bond motifs is 1. The lowest BCUT2D eigenvalue weighted by Crippen LogP contribution is -2.31. The zero-order valence-corrected chi connectivity index (χ0v) is 12.2. The van der Waals surface area contributed by atoms with Crippen LogP contribution in [0.5, 0.6) is 5.88 Å². The van der Waals surface area contributed by atoms with Gasteiger partial charge < -0.3 is 15.4 Å². The lowest BCUT2D eigenvalue weighted by molar-refractivity contribution is 0.304. The Morgan fingerprint density at radius 2 is 2.24 bits per heavy atom. The monoisotopic (exact) mass is 284 g/mol. The van der Waals surface area contributed by atoms with Gasteiger partial charge in [0.15, 0.2) is 5.82 Å². The molecule has 0 fully saturated rings. The third-order valence-corrected chi connectivity index (χ3v) is 3.69. The molecule has 2 aromatic rings. The number of hydrogen-bond donors (Lipinski definition) is 1. The molecule has 0 unspecified atom stereocenters. The average molecular weight is 284 g/mol. The Morgan fingerprint density at radius 1 is 1.33 bits per heavy atom. The van der Waals surface area contributed by atoms with Crippen molar-refractivity contribution in [3.05, 3.63) is 41.7 Å². The van der Waals surface area contributed by atoms with E-state index in [-0.39, 0.29) is 0 Å². The Kier molecular flexibility index (Phi) is 3.90. The van der Waals surface area contributed by atoms with Crippen molar-refractivity contribution >= 4 is 11.5 Å². The molecule has 0 spiro atoms. The summed E-state index contributed by atoms with van der Waals surface area (Å²) in [5.74, 6) is 1.43. The maximum Gasteiger partial charge on any atom is 0.234 e. The van der Waals surface area contributed by atoms with Gasteiger partial charge in [0.1, 0.15) is 0 Å². The lowest BCUT2D eigenvalue weighted by atomic mass is 9.98. The van der Waals surface area contributed by atoms with Gasteiger partial charge in [0.25, 0.3) is 0 Å². The van der Waals surface area contributed by atoms with E-state index in [9.17, 15) is 0 Å². The summed E-state index contributed by atoms with van der Waals surface area (Å²) in [7, 11) is 0. The second kappa shape index (κ2) is 5.99. The Labute approximate surface area is 124 Å². The number of anilines is 2. The van der Waals surface area contributed by atoms with Crippen molar-refractivity contribution in [2.45, 2.75) is 26.3 Å². The van der Waals surface area contributed by atoms with Crippen LogP contribution in [0, 0.1) is 0 Å². The Hall–Kier alpha value is -2.30. The van der Waals surface area contributed by atoms with E-state index in [1.54, 1.807) is 12.4 Å². The average Bonchev–Trinajstić information content (AvgIpc) is 2.53. The van der Waals surface area contributed by atoms with Gasteiger partial charge in [-0.2, -0.15) is 4.98 Å². The summed E-state index contributed by atoms with van der Waals surface area (Å²) < 4.78 is 5.55. The summed E-state index contributed by atoms with van der Waals surface area (Å²) in [4.78, 5) is 11.0. The molecule has 5 nitrogen and oxygen atoms in total. The van der Waals surface area contributed by atoms with Crippen molar-refractivity contribution in [1.82, 2.24) is 9.97 Å². The number of nitrogens with zero attached hydrogens (tertiary/aromatic N) is 3. The van der Waals surface area contributed by atoms with Crippen LogP contribution in [-0.2, 0) is 13.0 Å². The molecule has 110 valence electrons. The first kappa shape index (κ1) is 13.7. The Balaban J connectivity index is 1.81. The van der Waals surface area contributed by atoms with E-state index in [0.717, 1.165) is 37.4 Å². The van der Waals surface area contributed by atoms with Crippen LogP contribution in [0.2, 0.25) is 0 Å². The Morgan fingerprint density at radius 3 is 3.10 bits per heavy atom. The number of aromatic nitrogens is 2. The van der Waals surface area contributed by atoms with E-state index >= 15 is 0 Å². The van der Waals surface area contributed by atoms with Crippen LogP contribution in [0.1, 0.15) is 24.5 Å². The first-order chi connectivity index (χ1) is 10.3. The largest absolute Gasteiger partial charge is 0.477 e. The molecule has 0 aliphatic carbocycles. The van der Waals surface area contributed by atoms with Crippen molar-refractivity contribution in [3.8, 4) is 5.88 Å². The van der Waals surface area contributed by atoms with Crippen LogP contribution in [0.4, 0.5) is 11.5 Å². The number of nitrogens with two attached hydrogens (primary N) is 1. The standard InChI is InChI=1S/C16H20N4O/c1-2-8-21-16-10-18-9-15(19-16)20-7-6-12-4-3-5-14(17)13(12)11-20/h3-5,9-10H,2,6-8,11,17H2,1H3. The van der Waals surface area contributed by atoms with Crippen LogP contribution < -0.4 is 15.4 Å². The van der Waals surface area contributed by atoms with Crippen molar-refractivity contribution in [3.63, 3.8) is 0 Å². The minimum absolute atomic E-state index is 0.584. The molecule has 2 heterocycles. The van der Waals surface area contributed by atoms with Gasteiger partial charge in [-0.3, -0.25) is 4.98 Å². The molecule has 0 amide bonds. The first-order valence-electron chi connectivity index (χ1n) is 7.34. The van der Waals surface area contributed by atoms with Crippen LogP contribution in [0.25, 0.3) is 0 Å². The number of ether oxygens (including phenoxy) is 1. The summed E-state index contributed by atoms with van der Waals surface area (Å²) in [6.45, 7) is 4.42. The molecule has 5 heteroatoms. The summed E-state index contributed by atoms with van der Waals surface area (Å²) >= 11 is 0. The second-order valence-electron chi connectivity index (χ2n) is 5.22. The van der Waals surface area contributed by atoms with Crippen LogP contribution in [-0.4, -0.2) is 23.1 Å². The topological polar surface area (TPSA) is 64.3 Å². The van der Waals surface area contributed by atoms with E-state index in [0.29, 0.717) is 12.5 Å². The number of nitrogen functional groups attached to an aromatic ring is 1. The molecule has 1 aromatic heterocycles. The minimum Gasteiger partial charge on any atom is -0.477 e. The third kappa shape index (κ3) is 2.91. The van der Waals surface area contributed by atoms with Crippen molar-refractivity contribution in [2.75, 3.05) is 23.8 Å². The summed E-state index contributed by atoms with van der Waals surface area (Å²) in [6, 6.07) is 6.12. The fourth-order valence-corrected chi connectivity index (χ4v) is 2.57. The van der Waals surface area contributed by atoms with E-state index in [2.05, 4.69) is 27.9 Å². The molecule has 2 N–H and O–H groups in total. The molecule has 1 aliphatic rings. The first-order valence-corrected chi connectivity index (χ1v) is 7.34. The zero-order valence-electron chi connectivity index (χ0n) is 12.2. The molecule has 0 radical (unpaired) electrons. The molecule has 0 saturated heterocycles. The van der Waals surface area contributed by atoms with Crippen molar-refractivity contribution < 1.29 is 4.74 Å². The van der Waals surface area contributed by atoms with Gasteiger partial charge in [0, 0.05) is 18.8 Å². The lowest BCUT2D eigenvalue weighted by Gasteiger charge is -2.30. The van der Waals surface area contributed by atoms with Crippen LogP contribution >= 0.6 is 0 Å². The predicted molar refractivity (Wildman–Crippen MR) is 83.4 cm³/mol. The normalized spacial score (nSPS) is 13.9. The summed E-state index contributed by atoms with van der Waals surface area (Å²) in [5, 5.41) is 0. The number of benzene rings is 1. The predicted octanol–water partition coefficient (Wildman–Crippen LogP) is 2.41. The summed E-state index contributed by atoms with van der Waals surface area (Å²) in [6.07, 6.45) is 5.37. The highest BCUT2D eigenvalue weighted by Crippen LogP contribution is 2.27. The SMILES string of the molecule is CCCOc1cncc(N2CCc3cccc(N)c3C2)n1. The van der Waals surface area contributed by atoms with E-state index < -0.39 is 0 Å². The highest BCUT2D eigenvalue weighted by Gasteiger charge is 2.19. The molecule has 0 atom stereocenters. The van der Waals surface area contributed by atoms with E-state index in [1.807, 2.05) is 12.1 Å². The van der Waals surface area contributed by atoms with Gasteiger partial charge >= 0.3 is 0 Å². The zero-order chi connectivity index (χ0) is 14.7. The van der Waals surface area contributed by atoms with E-state index in [1.165, 1.54) is 11.1 Å². The quantitative estimate of drug-likeness (QED) is 0.873. The van der Waals surface area contributed by atoms with Crippen molar-refractivity contribution in [2.24, 2.45) is 0 Å². The van der Waals surface area contributed by atoms with Gasteiger partial charge in [-0.25, -0.2) is 0 Å². The molecule has 1 aliphatic heterocycles. The van der Waals surface area contributed by atoms with Gasteiger partial charge in [0.2, 0.25) is 5.88 Å². The fourth-order valence-electron chi connectivity index (χ4n) is 2.57. The highest BCUT2D eigenvalue weighted by molar-refractivity contribution is 5.55. The van der Waals surface area contributed by atoms with E-state index in [4.69, 9.17) is 10.5 Å². The summed E-state index contributed by atoms with van der Waals surface area (Å²) in [5.41, 5.74) is 9.47. The maximum atomic E-state index is 6.09. The maximum absolute atomic E-state index is 6.09. The molecule has 0 saturated carbocycles. The molecule has 0 bridgehead atoms. The highest BCUT2D eigenvalue weighted by atomic mass is 16.5. The van der Waals surface area contributed by atoms with Gasteiger partial charge in [-0.05, 0) is 30.0 Å². The fraction of sp³-hybridized carbons (Fsp3) is 0.375. The smallest absolute Gasteiger partial charge is 0.234 e. The molecule has 3 rings (SSSR count). The molecule has 1 aromatic carbocycles. The molecular formula is C16H20N4O. The van der Waals surface area contributed by atoms with Gasteiger partial charge in [0.05, 0.1) is 19.0 Å². The van der Waals surface area contributed by atoms with Crippen LogP contribution in [0.3, 0.4) is 0 Å². The second-order valence-corrected chi connectivity index (χ2v) is 5.22. The van der Waals surface area contributed by atoms with Crippen molar-refractivity contribution in [1.29, 1.82) is 0 Å². The third-order valence-electron chi connectivity index (χ3n) is 3.69. The Bertz CT molecular complexity index is 629. The van der Waals surface area contributed by atoms with Gasteiger partial charge in [-0.1, -0.05) is 19.1 Å². The number of rotatable bonds is 4.